The fraction of sp³-hybridized carbons (Fsp3) is 0.865. The molecule has 4 heteroatoms. The first kappa shape index (κ1) is 119. The molecule has 108 heavy (non-hydrogen) atoms. The third-order valence-corrected chi connectivity index (χ3v) is 20.0. The molecule has 0 fully saturated rings. The molecule has 0 heterocycles. The molecule has 0 aliphatic heterocycles. The van der Waals surface area contributed by atoms with Gasteiger partial charge in [-0.15, -0.1) is 0 Å². The van der Waals surface area contributed by atoms with Gasteiger partial charge in [-0.1, -0.05) is 323 Å². The summed E-state index contributed by atoms with van der Waals surface area (Å²) < 4.78 is 11.0. The Morgan fingerprint density at radius 1 is 0.250 bits per heavy atom. The van der Waals surface area contributed by atoms with Gasteiger partial charge in [0.25, 0.3) is 0 Å². The number of hydrogen-bond acceptors (Lipinski definition) is 4. The van der Waals surface area contributed by atoms with Gasteiger partial charge < -0.3 is 19.7 Å². The van der Waals surface area contributed by atoms with E-state index in [4.69, 9.17) is 9.47 Å². The molecule has 0 aliphatic carbocycles. The van der Waals surface area contributed by atoms with E-state index in [-0.39, 0.29) is 0 Å². The van der Waals surface area contributed by atoms with Gasteiger partial charge in [0, 0.05) is 6.61 Å². The number of ether oxygens (including phenoxy) is 2. The summed E-state index contributed by atoms with van der Waals surface area (Å²) in [4.78, 5) is 0. The van der Waals surface area contributed by atoms with Crippen molar-refractivity contribution >= 4 is 0 Å². The van der Waals surface area contributed by atoms with E-state index in [0.29, 0.717) is 24.0 Å². The summed E-state index contributed by atoms with van der Waals surface area (Å²) in [7, 11) is 0. The molecule has 0 saturated carbocycles. The standard InChI is InChI=1S/C18H38O.C18H34O.C14H30.C14H28.C14H26.C13H28O.C13H24O/c2*1-15(2)9-7-10-17(5)11-8-13-18(6,19)14-12-16(3)4;3*1-12(2)8-6-10-14(5)11-7-9-13(3)4;2*1-11(2)7-6-8-13(5)9-10-14-12(3)4/h15-17,19H,7-14H2,1-6H3;9,11,16,19H,7-8,10,12-14H2,1-6H3;12-14H,6-11H2,1-5H3;10,12-13H,6-9,11H2,1-5H3;8,11,13H,6-7,9-10H2,1-5H3;11-13H,6-10H2,1-5H3;7,9,12H,6,8,10H2,1-5H3/b;17-11+;;14-10+;14-11+;;13-9+. The van der Waals surface area contributed by atoms with Crippen LogP contribution in [0.3, 0.4) is 0 Å². The molecule has 0 aromatic heterocycles. The number of aliphatic hydroxyl groups is 2. The Kier molecular flexibility index (Phi) is 88.6. The smallest absolute Gasteiger partial charge is 0.0653 e. The minimum Gasteiger partial charge on any atom is -0.390 e. The summed E-state index contributed by atoms with van der Waals surface area (Å²) in [6.07, 6.45) is 60.5. The highest BCUT2D eigenvalue weighted by Crippen LogP contribution is 2.27. The lowest BCUT2D eigenvalue weighted by Gasteiger charge is -2.25. The quantitative estimate of drug-likeness (QED) is 0.0596. The average molecular weight is 1520 g/mol. The number of hydrogen-bond donors (Lipinski definition) is 2. The van der Waals surface area contributed by atoms with Crippen molar-refractivity contribution in [3.8, 4) is 0 Å². The Morgan fingerprint density at radius 3 is 0.824 bits per heavy atom. The molecule has 0 aliphatic rings. The zero-order chi connectivity index (χ0) is 84.7. The topological polar surface area (TPSA) is 58.9 Å². The van der Waals surface area contributed by atoms with Crippen molar-refractivity contribution in [2.24, 2.45) is 71.0 Å². The summed E-state index contributed by atoms with van der Waals surface area (Å²) in [5.74, 6) is 9.97. The predicted octanol–water partition coefficient (Wildman–Crippen LogP) is 35.4. The van der Waals surface area contributed by atoms with E-state index < -0.39 is 11.2 Å². The minimum atomic E-state index is -0.499. The van der Waals surface area contributed by atoms with Gasteiger partial charge in [-0.25, -0.2) is 0 Å². The molecule has 4 atom stereocenters. The van der Waals surface area contributed by atoms with Crippen LogP contribution >= 0.6 is 0 Å². The van der Waals surface area contributed by atoms with Gasteiger partial charge in [-0.05, 0) is 310 Å². The van der Waals surface area contributed by atoms with Gasteiger partial charge in [-0.2, -0.15) is 0 Å². The van der Waals surface area contributed by atoms with Crippen LogP contribution in [0.1, 0.15) is 481 Å². The Morgan fingerprint density at radius 2 is 0.519 bits per heavy atom. The van der Waals surface area contributed by atoms with Crippen LogP contribution in [0, 0.1) is 71.0 Å². The van der Waals surface area contributed by atoms with E-state index in [1.165, 1.54) is 182 Å². The van der Waals surface area contributed by atoms with Crippen LogP contribution in [-0.2, 0) is 9.47 Å². The van der Waals surface area contributed by atoms with Crippen molar-refractivity contribution < 1.29 is 19.7 Å². The zero-order valence-electron chi connectivity index (χ0n) is 81.5. The Bertz CT molecular complexity index is 1990. The number of allylic oxidation sites excluding steroid dienone is 13. The van der Waals surface area contributed by atoms with E-state index >= 15 is 0 Å². The summed E-state index contributed by atoms with van der Waals surface area (Å²) in [6, 6.07) is 0. The summed E-state index contributed by atoms with van der Waals surface area (Å²) >= 11 is 0. The first-order valence-corrected chi connectivity index (χ1v) is 46.3. The van der Waals surface area contributed by atoms with Gasteiger partial charge in [0.05, 0.1) is 30.0 Å². The molecule has 0 aromatic carbocycles. The Balaban J connectivity index is -0.000000221. The molecule has 0 radical (unpaired) electrons. The van der Waals surface area contributed by atoms with Gasteiger partial charge in [0.1, 0.15) is 0 Å². The minimum absolute atomic E-state index is 0.330. The highest BCUT2D eigenvalue weighted by atomic mass is 16.5. The van der Waals surface area contributed by atoms with Crippen molar-refractivity contribution in [1.82, 2.24) is 0 Å². The summed E-state index contributed by atoms with van der Waals surface area (Å²) in [5, 5.41) is 20.6. The molecule has 4 unspecified atom stereocenters. The lowest BCUT2D eigenvalue weighted by molar-refractivity contribution is 0.0331. The van der Waals surface area contributed by atoms with E-state index in [0.717, 1.165) is 143 Å². The molecule has 0 aromatic rings. The second kappa shape index (κ2) is 80.2. The molecule has 648 valence electrons. The van der Waals surface area contributed by atoms with Crippen LogP contribution < -0.4 is 0 Å². The van der Waals surface area contributed by atoms with E-state index in [2.05, 4.69) is 285 Å². The van der Waals surface area contributed by atoms with Gasteiger partial charge >= 0.3 is 0 Å². The van der Waals surface area contributed by atoms with Gasteiger partial charge in [-0.3, -0.25) is 0 Å². The van der Waals surface area contributed by atoms with Crippen molar-refractivity contribution in [3.63, 3.8) is 0 Å². The molecular formula is C104H208O4. The lowest BCUT2D eigenvalue weighted by Crippen LogP contribution is -2.24. The van der Waals surface area contributed by atoms with Crippen LogP contribution in [0.15, 0.2) is 81.5 Å². The van der Waals surface area contributed by atoms with Crippen LogP contribution in [0.5, 0.6) is 0 Å². The third-order valence-electron chi connectivity index (χ3n) is 20.0. The van der Waals surface area contributed by atoms with Gasteiger partial charge in [0.15, 0.2) is 0 Å². The number of rotatable bonds is 55. The predicted molar refractivity (Wildman–Crippen MR) is 499 cm³/mol. The Labute approximate surface area is 685 Å². The maximum atomic E-state index is 10.3. The molecule has 4 nitrogen and oxygen atoms in total. The molecule has 0 saturated heterocycles. The molecule has 0 rings (SSSR count). The summed E-state index contributed by atoms with van der Waals surface area (Å²) in [5.41, 5.74) is 9.28. The van der Waals surface area contributed by atoms with Crippen LogP contribution in [0.2, 0.25) is 0 Å². The van der Waals surface area contributed by atoms with E-state index in [1.807, 2.05) is 13.8 Å². The highest BCUT2D eigenvalue weighted by Gasteiger charge is 2.21. The average Bonchev–Trinajstić information content (AvgIpc) is 0.932. The Hall–Kier alpha value is -1.98. The largest absolute Gasteiger partial charge is 0.390 e. The van der Waals surface area contributed by atoms with Crippen LogP contribution in [0.4, 0.5) is 0 Å². The van der Waals surface area contributed by atoms with Crippen LogP contribution in [-0.4, -0.2) is 46.8 Å². The molecule has 0 amide bonds. The second-order valence-corrected chi connectivity index (χ2v) is 39.9. The second-order valence-electron chi connectivity index (χ2n) is 39.9. The lowest BCUT2D eigenvalue weighted by atomic mass is 9.88. The normalized spacial score (nSPS) is 13.8. The SMILES string of the molecule is C/C(=C\CCC(C)C)CCCC(C)C.CC(C)=CCC/C(C)=C/CCC(C)(O)CCC(C)C.CC(C)=CCC/C(C)=C/CCC(C)C.CC(C)=CCC/C(C)=C/COC(C)C.CC(C)CCCC(C)CCCC(C)(O)CCC(C)C.CC(C)CCCC(C)CCCC(C)C.CC(C)CCCC(C)CCOC(C)C. The maximum absolute atomic E-state index is 10.3. The fourth-order valence-corrected chi connectivity index (χ4v) is 12.0. The highest BCUT2D eigenvalue weighted by molar-refractivity contribution is 5.05. The molecular weight excluding hydrogens is 1310 g/mol. The zero-order valence-corrected chi connectivity index (χ0v) is 81.5. The monoisotopic (exact) mass is 1520 g/mol. The molecule has 0 bridgehead atoms. The summed E-state index contributed by atoms with van der Waals surface area (Å²) in [6.45, 7) is 84.0. The molecule has 0 spiro atoms. The molecule has 2 N–H and O–H groups in total. The van der Waals surface area contributed by atoms with Crippen molar-refractivity contribution in [3.05, 3.63) is 81.5 Å². The maximum Gasteiger partial charge on any atom is 0.0653 e. The van der Waals surface area contributed by atoms with Crippen molar-refractivity contribution in [2.45, 2.75) is 504 Å². The third kappa shape index (κ3) is 120. The van der Waals surface area contributed by atoms with E-state index in [9.17, 15) is 10.2 Å². The van der Waals surface area contributed by atoms with Crippen molar-refractivity contribution in [1.29, 1.82) is 0 Å². The fourth-order valence-electron chi connectivity index (χ4n) is 12.0. The van der Waals surface area contributed by atoms with Crippen LogP contribution in [0.25, 0.3) is 0 Å². The first-order valence-electron chi connectivity index (χ1n) is 46.3. The van der Waals surface area contributed by atoms with E-state index in [1.54, 1.807) is 11.1 Å². The van der Waals surface area contributed by atoms with Crippen molar-refractivity contribution in [2.75, 3.05) is 13.2 Å². The van der Waals surface area contributed by atoms with Gasteiger partial charge in [0.2, 0.25) is 0 Å². The first-order chi connectivity index (χ1) is 50.1.